The van der Waals surface area contributed by atoms with Gasteiger partial charge in [0.1, 0.15) is 5.70 Å². The van der Waals surface area contributed by atoms with E-state index in [1.54, 1.807) is 18.2 Å². The maximum Gasteiger partial charge on any atom is 0.282 e. The molecule has 0 bridgehead atoms. The standard InChI is InChI=1S/C23H22Cl2N2O3/c1-13-4-6-16(7-5-13)20-21(26-11-14(2)30-15(3)12-26)23(29)27(22(20)28)19-10-17(24)8-9-18(19)25/h4-10,14-15H,11-12H2,1-3H3. The molecule has 2 unspecified atom stereocenters. The van der Waals surface area contributed by atoms with Gasteiger partial charge in [-0.2, -0.15) is 0 Å². The first kappa shape index (κ1) is 20.9. The Labute approximate surface area is 185 Å². The minimum absolute atomic E-state index is 0.0628. The molecule has 2 aliphatic heterocycles. The molecular formula is C23H22Cl2N2O3. The first-order valence-corrected chi connectivity index (χ1v) is 10.6. The molecule has 2 amide bonds. The van der Waals surface area contributed by atoms with Crippen molar-refractivity contribution < 1.29 is 14.3 Å². The summed E-state index contributed by atoms with van der Waals surface area (Å²) < 4.78 is 5.83. The van der Waals surface area contributed by atoms with Gasteiger partial charge in [0.25, 0.3) is 11.8 Å². The van der Waals surface area contributed by atoms with Gasteiger partial charge >= 0.3 is 0 Å². The van der Waals surface area contributed by atoms with Crippen molar-refractivity contribution in [3.05, 3.63) is 69.3 Å². The highest BCUT2D eigenvalue weighted by Gasteiger charge is 2.44. The number of anilines is 1. The van der Waals surface area contributed by atoms with Crippen LogP contribution in [-0.2, 0) is 14.3 Å². The van der Waals surface area contributed by atoms with Gasteiger partial charge in [0.15, 0.2) is 0 Å². The molecule has 1 fully saturated rings. The lowest BCUT2D eigenvalue weighted by molar-refractivity contribution is -0.121. The monoisotopic (exact) mass is 444 g/mol. The molecule has 2 heterocycles. The van der Waals surface area contributed by atoms with Crippen LogP contribution in [0.3, 0.4) is 0 Å². The Morgan fingerprint density at radius 1 is 0.933 bits per heavy atom. The SMILES string of the molecule is Cc1ccc(C2=C(N3CC(C)OC(C)C3)C(=O)N(c3cc(Cl)ccc3Cl)C2=O)cc1. The topological polar surface area (TPSA) is 49.9 Å². The fraction of sp³-hybridized carbons (Fsp3) is 0.304. The lowest BCUT2D eigenvalue weighted by Crippen LogP contribution is -2.47. The molecule has 2 atom stereocenters. The van der Waals surface area contributed by atoms with E-state index in [0.717, 1.165) is 10.5 Å². The van der Waals surface area contributed by atoms with Crippen molar-refractivity contribution in [2.24, 2.45) is 0 Å². The van der Waals surface area contributed by atoms with Crippen LogP contribution in [0.4, 0.5) is 5.69 Å². The Morgan fingerprint density at radius 3 is 2.20 bits per heavy atom. The molecule has 5 nitrogen and oxygen atoms in total. The number of carbonyl (C=O) groups excluding carboxylic acids is 2. The molecule has 2 aromatic carbocycles. The van der Waals surface area contributed by atoms with E-state index in [1.165, 1.54) is 0 Å². The molecule has 0 aromatic heterocycles. The molecule has 0 aliphatic carbocycles. The smallest absolute Gasteiger partial charge is 0.282 e. The highest BCUT2D eigenvalue weighted by molar-refractivity contribution is 6.47. The minimum Gasteiger partial charge on any atom is -0.372 e. The highest BCUT2D eigenvalue weighted by atomic mass is 35.5. The average Bonchev–Trinajstić information content (AvgIpc) is 2.94. The second kappa shape index (κ2) is 8.06. The number of nitrogens with zero attached hydrogens (tertiary/aromatic N) is 2. The molecule has 7 heteroatoms. The van der Waals surface area contributed by atoms with Gasteiger partial charge in [-0.1, -0.05) is 53.0 Å². The third kappa shape index (κ3) is 3.73. The van der Waals surface area contributed by atoms with Gasteiger partial charge in [0.2, 0.25) is 0 Å². The van der Waals surface area contributed by atoms with E-state index in [2.05, 4.69) is 0 Å². The van der Waals surface area contributed by atoms with Gasteiger partial charge in [-0.3, -0.25) is 9.59 Å². The molecule has 4 rings (SSSR count). The maximum atomic E-state index is 13.6. The number of ether oxygens (including phenoxy) is 1. The number of aryl methyl sites for hydroxylation is 1. The summed E-state index contributed by atoms with van der Waals surface area (Å²) in [6.07, 6.45) is -0.126. The van der Waals surface area contributed by atoms with E-state index >= 15 is 0 Å². The zero-order valence-corrected chi connectivity index (χ0v) is 18.5. The zero-order valence-electron chi connectivity index (χ0n) is 17.0. The number of carbonyl (C=O) groups is 2. The second-order valence-corrected chi connectivity index (χ2v) is 8.64. The van der Waals surface area contributed by atoms with Crippen LogP contribution in [0.2, 0.25) is 10.0 Å². The predicted molar refractivity (Wildman–Crippen MR) is 119 cm³/mol. The van der Waals surface area contributed by atoms with Crippen LogP contribution < -0.4 is 4.90 Å². The molecule has 0 N–H and O–H groups in total. The Balaban J connectivity index is 1.86. The van der Waals surface area contributed by atoms with Crippen molar-refractivity contribution in [1.82, 2.24) is 4.90 Å². The molecule has 0 saturated carbocycles. The molecule has 1 saturated heterocycles. The first-order chi connectivity index (χ1) is 14.3. The fourth-order valence-corrected chi connectivity index (χ4v) is 4.40. The first-order valence-electron chi connectivity index (χ1n) is 9.82. The summed E-state index contributed by atoms with van der Waals surface area (Å²) in [5.74, 6) is -0.809. The lowest BCUT2D eigenvalue weighted by Gasteiger charge is -2.37. The summed E-state index contributed by atoms with van der Waals surface area (Å²) in [5, 5.41) is 0.684. The molecule has 0 spiro atoms. The summed E-state index contributed by atoms with van der Waals surface area (Å²) in [5.41, 5.74) is 2.80. The summed E-state index contributed by atoms with van der Waals surface area (Å²) >= 11 is 12.5. The van der Waals surface area contributed by atoms with Crippen molar-refractivity contribution in [2.75, 3.05) is 18.0 Å². The van der Waals surface area contributed by atoms with Gasteiger partial charge in [0.05, 0.1) is 28.5 Å². The number of amides is 2. The number of morpholine rings is 1. The van der Waals surface area contributed by atoms with Gasteiger partial charge in [-0.15, -0.1) is 0 Å². The number of benzene rings is 2. The van der Waals surface area contributed by atoms with Crippen LogP contribution in [0, 0.1) is 6.92 Å². The number of halogens is 2. The molecule has 30 heavy (non-hydrogen) atoms. The summed E-state index contributed by atoms with van der Waals surface area (Å²) in [4.78, 5) is 30.3. The number of imide groups is 1. The third-order valence-corrected chi connectivity index (χ3v) is 5.84. The van der Waals surface area contributed by atoms with Crippen molar-refractivity contribution in [1.29, 1.82) is 0 Å². The van der Waals surface area contributed by atoms with Crippen LogP contribution in [-0.4, -0.2) is 42.0 Å². The molecular weight excluding hydrogens is 423 g/mol. The maximum absolute atomic E-state index is 13.6. The Bertz CT molecular complexity index is 1040. The zero-order chi connectivity index (χ0) is 21.6. The van der Waals surface area contributed by atoms with E-state index in [-0.39, 0.29) is 22.9 Å². The molecule has 156 valence electrons. The van der Waals surface area contributed by atoms with Crippen LogP contribution >= 0.6 is 23.2 Å². The average molecular weight is 445 g/mol. The predicted octanol–water partition coefficient (Wildman–Crippen LogP) is 4.70. The number of rotatable bonds is 3. The van der Waals surface area contributed by atoms with E-state index in [0.29, 0.717) is 34.9 Å². The van der Waals surface area contributed by atoms with Crippen LogP contribution in [0.5, 0.6) is 0 Å². The second-order valence-electron chi connectivity index (χ2n) is 7.79. The normalized spacial score (nSPS) is 22.3. The fourth-order valence-electron chi connectivity index (χ4n) is 4.03. The van der Waals surface area contributed by atoms with E-state index < -0.39 is 11.8 Å². The van der Waals surface area contributed by atoms with Crippen LogP contribution in [0.25, 0.3) is 5.57 Å². The Hall–Kier alpha value is -2.34. The largest absolute Gasteiger partial charge is 0.372 e. The molecule has 0 radical (unpaired) electrons. The molecule has 2 aliphatic rings. The van der Waals surface area contributed by atoms with E-state index in [9.17, 15) is 9.59 Å². The minimum atomic E-state index is -0.408. The van der Waals surface area contributed by atoms with Crippen molar-refractivity contribution in [2.45, 2.75) is 33.0 Å². The van der Waals surface area contributed by atoms with Gasteiger partial charge in [-0.05, 0) is 44.5 Å². The quantitative estimate of drug-likeness (QED) is 0.643. The third-order valence-electron chi connectivity index (χ3n) is 5.28. The summed E-state index contributed by atoms with van der Waals surface area (Å²) in [7, 11) is 0. The lowest BCUT2D eigenvalue weighted by atomic mass is 10.0. The molecule has 2 aromatic rings. The van der Waals surface area contributed by atoms with E-state index in [1.807, 2.05) is 49.9 Å². The van der Waals surface area contributed by atoms with Crippen molar-refractivity contribution in [3.8, 4) is 0 Å². The van der Waals surface area contributed by atoms with Gasteiger partial charge < -0.3 is 9.64 Å². The highest BCUT2D eigenvalue weighted by Crippen LogP contribution is 2.39. The van der Waals surface area contributed by atoms with E-state index in [4.69, 9.17) is 27.9 Å². The number of hydrogen-bond acceptors (Lipinski definition) is 4. The van der Waals surface area contributed by atoms with Crippen LogP contribution in [0.15, 0.2) is 48.2 Å². The van der Waals surface area contributed by atoms with Gasteiger partial charge in [0, 0.05) is 18.1 Å². The van der Waals surface area contributed by atoms with Crippen molar-refractivity contribution in [3.63, 3.8) is 0 Å². The van der Waals surface area contributed by atoms with Crippen molar-refractivity contribution >= 4 is 46.3 Å². The Kier molecular flexibility index (Phi) is 5.62. The number of hydrogen-bond donors (Lipinski definition) is 0. The van der Waals surface area contributed by atoms with Crippen LogP contribution in [0.1, 0.15) is 25.0 Å². The Morgan fingerprint density at radius 2 is 1.57 bits per heavy atom. The summed E-state index contributed by atoms with van der Waals surface area (Å²) in [6, 6.07) is 12.3. The summed E-state index contributed by atoms with van der Waals surface area (Å²) in [6.45, 7) is 6.93. The van der Waals surface area contributed by atoms with Gasteiger partial charge in [-0.25, -0.2) is 4.90 Å².